The van der Waals surface area contributed by atoms with E-state index in [1.165, 1.54) is 17.5 Å². The van der Waals surface area contributed by atoms with Gasteiger partial charge in [0, 0.05) is 31.7 Å². The van der Waals surface area contributed by atoms with Gasteiger partial charge in [0.25, 0.3) is 5.91 Å². The molecule has 6 nitrogen and oxygen atoms in total. The topological polar surface area (TPSA) is 71.8 Å². The van der Waals surface area contributed by atoms with Crippen LogP contribution in [0.1, 0.15) is 15.4 Å². The van der Waals surface area contributed by atoms with Crippen molar-refractivity contribution in [3.8, 4) is 0 Å². The number of fused-ring (bicyclic) bond motifs is 1. The minimum absolute atomic E-state index is 0.104. The molecule has 24 heavy (non-hydrogen) atoms. The molecule has 0 unspecified atom stereocenters. The summed E-state index contributed by atoms with van der Waals surface area (Å²) in [5.41, 5.74) is 0.924. The second-order valence-corrected chi connectivity index (χ2v) is 7.08. The number of halogens is 2. The first-order chi connectivity index (χ1) is 11.5. The first kappa shape index (κ1) is 17.0. The monoisotopic (exact) mass is 383 g/mol. The summed E-state index contributed by atoms with van der Waals surface area (Å²) < 4.78 is 1.79. The fourth-order valence-electron chi connectivity index (χ4n) is 2.31. The minimum atomic E-state index is -0.104. The van der Waals surface area contributed by atoms with Crippen molar-refractivity contribution in [2.75, 3.05) is 18.4 Å². The molecule has 3 aromatic heterocycles. The third-order valence-corrected chi connectivity index (χ3v) is 5.13. The van der Waals surface area contributed by atoms with E-state index < -0.39 is 0 Å². The summed E-state index contributed by atoms with van der Waals surface area (Å²) in [6.45, 7) is 2.89. The number of nitrogens with one attached hydrogen (secondary N) is 2. The lowest BCUT2D eigenvalue weighted by Crippen LogP contribution is -2.28. The van der Waals surface area contributed by atoms with Gasteiger partial charge < -0.3 is 10.6 Å². The van der Waals surface area contributed by atoms with Crippen molar-refractivity contribution in [3.63, 3.8) is 0 Å². The predicted octanol–water partition coefficient (Wildman–Crippen LogP) is 3.49. The molecule has 9 heteroatoms. The lowest BCUT2D eigenvalue weighted by atomic mass is 10.3. The molecule has 0 atom stereocenters. The lowest BCUT2D eigenvalue weighted by molar-refractivity contribution is 0.0959. The van der Waals surface area contributed by atoms with E-state index in [0.29, 0.717) is 33.8 Å². The molecule has 3 heterocycles. The molecular formula is C15H15Cl2N5OS. The maximum atomic E-state index is 12.2. The molecule has 2 N–H and O–H groups in total. The standard InChI is InChI=1S/C15H15Cl2N5OS/c1-8-10-6-12(24-15(10)22(2)21-8)14(23)19-4-3-18-13-11(17)5-9(16)7-20-13/h5-7H,3-4H2,1-2H3,(H,18,20)(H,19,23). The number of anilines is 1. The smallest absolute Gasteiger partial charge is 0.261 e. The van der Waals surface area contributed by atoms with Crippen LogP contribution < -0.4 is 10.6 Å². The Kier molecular flexibility index (Phi) is 4.93. The third kappa shape index (κ3) is 3.48. The SMILES string of the molecule is Cc1nn(C)c2sc(C(=O)NCCNc3ncc(Cl)cc3Cl)cc12. The number of carbonyl (C=O) groups excluding carboxylic acids is 1. The van der Waals surface area contributed by atoms with Gasteiger partial charge in [0.2, 0.25) is 0 Å². The van der Waals surface area contributed by atoms with Gasteiger partial charge in [0.15, 0.2) is 0 Å². The van der Waals surface area contributed by atoms with Crippen LogP contribution in [0.4, 0.5) is 5.82 Å². The maximum absolute atomic E-state index is 12.2. The van der Waals surface area contributed by atoms with Gasteiger partial charge in [-0.25, -0.2) is 4.98 Å². The second-order valence-electron chi connectivity index (χ2n) is 5.21. The highest BCUT2D eigenvalue weighted by Gasteiger charge is 2.14. The molecule has 0 radical (unpaired) electrons. The highest BCUT2D eigenvalue weighted by Crippen LogP contribution is 2.27. The quantitative estimate of drug-likeness (QED) is 0.661. The van der Waals surface area contributed by atoms with Crippen LogP contribution in [0.5, 0.6) is 0 Å². The average Bonchev–Trinajstić information content (AvgIpc) is 3.08. The van der Waals surface area contributed by atoms with E-state index in [9.17, 15) is 4.79 Å². The molecule has 3 rings (SSSR count). The van der Waals surface area contributed by atoms with Crippen molar-refractivity contribution < 1.29 is 4.79 Å². The van der Waals surface area contributed by atoms with Gasteiger partial charge in [-0.3, -0.25) is 9.48 Å². The normalized spacial score (nSPS) is 11.0. The summed E-state index contributed by atoms with van der Waals surface area (Å²) in [5.74, 6) is 0.437. The molecular weight excluding hydrogens is 369 g/mol. The predicted molar refractivity (Wildman–Crippen MR) is 98.4 cm³/mol. The van der Waals surface area contributed by atoms with Crippen molar-refractivity contribution >= 4 is 56.5 Å². The molecule has 0 saturated carbocycles. The van der Waals surface area contributed by atoms with Crippen LogP contribution in [0.15, 0.2) is 18.3 Å². The summed E-state index contributed by atoms with van der Waals surface area (Å²) in [4.78, 5) is 18.0. The second kappa shape index (κ2) is 6.96. The molecule has 0 aliphatic carbocycles. The molecule has 0 aromatic carbocycles. The largest absolute Gasteiger partial charge is 0.367 e. The number of amides is 1. The third-order valence-electron chi connectivity index (χ3n) is 3.43. The number of nitrogens with zero attached hydrogens (tertiary/aromatic N) is 3. The maximum Gasteiger partial charge on any atom is 0.261 e. The zero-order chi connectivity index (χ0) is 17.3. The van der Waals surface area contributed by atoms with Crippen LogP contribution in [0.2, 0.25) is 10.0 Å². The van der Waals surface area contributed by atoms with E-state index in [0.717, 1.165) is 15.9 Å². The van der Waals surface area contributed by atoms with Crippen molar-refractivity contribution in [1.82, 2.24) is 20.1 Å². The van der Waals surface area contributed by atoms with Gasteiger partial charge in [-0.1, -0.05) is 23.2 Å². The zero-order valence-electron chi connectivity index (χ0n) is 13.1. The number of carbonyl (C=O) groups is 1. The van der Waals surface area contributed by atoms with E-state index in [4.69, 9.17) is 23.2 Å². The molecule has 0 bridgehead atoms. The summed E-state index contributed by atoms with van der Waals surface area (Å²) in [6, 6.07) is 3.49. The number of thiophene rings is 1. The Morgan fingerprint density at radius 3 is 2.83 bits per heavy atom. The summed E-state index contributed by atoms with van der Waals surface area (Å²) in [7, 11) is 1.88. The van der Waals surface area contributed by atoms with Crippen LogP contribution in [0.25, 0.3) is 10.2 Å². The van der Waals surface area contributed by atoms with Gasteiger partial charge in [-0.05, 0) is 19.1 Å². The van der Waals surface area contributed by atoms with E-state index in [-0.39, 0.29) is 5.91 Å². The van der Waals surface area contributed by atoms with Crippen molar-refractivity contribution in [3.05, 3.63) is 38.9 Å². The number of rotatable bonds is 5. The Hall–Kier alpha value is -1.83. The van der Waals surface area contributed by atoms with E-state index in [2.05, 4.69) is 20.7 Å². The van der Waals surface area contributed by atoms with Gasteiger partial charge in [-0.2, -0.15) is 5.10 Å². The van der Waals surface area contributed by atoms with Crippen LogP contribution in [-0.4, -0.2) is 33.8 Å². The van der Waals surface area contributed by atoms with E-state index in [1.807, 2.05) is 20.0 Å². The summed E-state index contributed by atoms with van der Waals surface area (Å²) in [5, 5.41) is 12.2. The van der Waals surface area contributed by atoms with Crippen molar-refractivity contribution in [2.24, 2.45) is 7.05 Å². The molecule has 3 aromatic rings. The van der Waals surface area contributed by atoms with E-state index in [1.54, 1.807) is 10.7 Å². The highest BCUT2D eigenvalue weighted by atomic mass is 35.5. The van der Waals surface area contributed by atoms with Crippen LogP contribution in [-0.2, 0) is 7.05 Å². The molecule has 126 valence electrons. The Labute approximate surface area is 152 Å². The highest BCUT2D eigenvalue weighted by molar-refractivity contribution is 7.20. The number of hydrogen-bond donors (Lipinski definition) is 2. The average molecular weight is 384 g/mol. The Morgan fingerprint density at radius 2 is 2.12 bits per heavy atom. The first-order valence-electron chi connectivity index (χ1n) is 7.22. The molecule has 1 amide bonds. The minimum Gasteiger partial charge on any atom is -0.367 e. The van der Waals surface area contributed by atoms with Gasteiger partial charge >= 0.3 is 0 Å². The van der Waals surface area contributed by atoms with Gasteiger partial charge in [0.05, 0.1) is 20.6 Å². The number of aryl methyl sites for hydroxylation is 2. The Morgan fingerprint density at radius 1 is 1.33 bits per heavy atom. The molecule has 0 aliphatic heterocycles. The first-order valence-corrected chi connectivity index (χ1v) is 8.79. The fourth-order valence-corrected chi connectivity index (χ4v) is 3.79. The summed E-state index contributed by atoms with van der Waals surface area (Å²) >= 11 is 13.3. The molecule has 0 saturated heterocycles. The lowest BCUT2D eigenvalue weighted by Gasteiger charge is -2.08. The van der Waals surface area contributed by atoms with E-state index >= 15 is 0 Å². The zero-order valence-corrected chi connectivity index (χ0v) is 15.4. The number of hydrogen-bond acceptors (Lipinski definition) is 5. The number of aromatic nitrogens is 3. The van der Waals surface area contributed by atoms with Crippen molar-refractivity contribution in [2.45, 2.75) is 6.92 Å². The molecule has 0 aliphatic rings. The van der Waals surface area contributed by atoms with Crippen LogP contribution in [0, 0.1) is 6.92 Å². The van der Waals surface area contributed by atoms with Crippen LogP contribution in [0.3, 0.4) is 0 Å². The Bertz CT molecular complexity index is 870. The van der Waals surface area contributed by atoms with Crippen LogP contribution >= 0.6 is 34.5 Å². The van der Waals surface area contributed by atoms with Gasteiger partial charge in [0.1, 0.15) is 10.6 Å². The summed E-state index contributed by atoms with van der Waals surface area (Å²) in [6.07, 6.45) is 1.52. The number of pyridine rings is 1. The molecule has 0 fully saturated rings. The fraction of sp³-hybridized carbons (Fsp3) is 0.267. The van der Waals surface area contributed by atoms with Crippen molar-refractivity contribution in [1.29, 1.82) is 0 Å². The Balaban J connectivity index is 1.56. The molecule has 0 spiro atoms. The van der Waals surface area contributed by atoms with Gasteiger partial charge in [-0.15, -0.1) is 11.3 Å².